The van der Waals surface area contributed by atoms with Crippen molar-refractivity contribution in [1.82, 2.24) is 5.32 Å². The van der Waals surface area contributed by atoms with Gasteiger partial charge in [-0.3, -0.25) is 0 Å². The van der Waals surface area contributed by atoms with Gasteiger partial charge in [-0.25, -0.2) is 0 Å². The minimum absolute atomic E-state index is 0.238. The summed E-state index contributed by atoms with van der Waals surface area (Å²) in [5.74, 6) is 0. The molecule has 0 aliphatic carbocycles. The van der Waals surface area contributed by atoms with Gasteiger partial charge >= 0.3 is 7.12 Å². The molecule has 0 atom stereocenters. The molecule has 0 aromatic carbocycles. The summed E-state index contributed by atoms with van der Waals surface area (Å²) in [5.41, 5.74) is 3.16. The molecule has 2 heterocycles. The highest BCUT2D eigenvalue weighted by molar-refractivity contribution is 6.56. The molecule has 0 unspecified atom stereocenters. The first-order valence-electron chi connectivity index (χ1n) is 6.20. The number of nitrogens with one attached hydrogen (secondary N) is 1. The lowest BCUT2D eigenvalue weighted by Gasteiger charge is -2.32. The highest BCUT2D eigenvalue weighted by Crippen LogP contribution is 2.40. The number of allylic oxidation sites excluding steroid dienone is 2. The van der Waals surface area contributed by atoms with E-state index in [2.05, 4.69) is 46.9 Å². The second kappa shape index (κ2) is 3.89. The Morgan fingerprint density at radius 1 is 1.12 bits per heavy atom. The first kappa shape index (κ1) is 12.7. The molecule has 1 N–H and O–H groups in total. The van der Waals surface area contributed by atoms with Crippen LogP contribution in [0.5, 0.6) is 0 Å². The maximum atomic E-state index is 6.10. The van der Waals surface area contributed by atoms with Crippen LogP contribution in [0.25, 0.3) is 0 Å². The SMILES string of the molecule is CC1=CNCC(C)=C1B1OC(C)(C)C(C)(C)O1. The molecule has 2 aliphatic rings. The number of rotatable bonds is 1. The summed E-state index contributed by atoms with van der Waals surface area (Å²) in [6, 6.07) is 0. The van der Waals surface area contributed by atoms with E-state index < -0.39 is 0 Å². The molecule has 0 amide bonds. The third-order valence-electron chi connectivity index (χ3n) is 4.06. The Hall–Kier alpha value is -0.735. The smallest absolute Gasteiger partial charge is 0.399 e. The van der Waals surface area contributed by atoms with Crippen LogP contribution in [0.3, 0.4) is 0 Å². The van der Waals surface area contributed by atoms with Crippen LogP contribution in [0.1, 0.15) is 41.5 Å². The van der Waals surface area contributed by atoms with Gasteiger partial charge in [0.25, 0.3) is 0 Å². The van der Waals surface area contributed by atoms with Gasteiger partial charge in [0, 0.05) is 6.54 Å². The standard InChI is InChI=1S/C13H22BNO2/c1-9-7-15-8-10(2)11(9)14-16-12(3,4)13(5,6)17-14/h7,15H,8H2,1-6H3. The average Bonchev–Trinajstić information content (AvgIpc) is 2.35. The third-order valence-corrected chi connectivity index (χ3v) is 4.06. The zero-order valence-electron chi connectivity index (χ0n) is 11.7. The molecule has 0 radical (unpaired) electrons. The van der Waals surface area contributed by atoms with Gasteiger partial charge in [0.2, 0.25) is 0 Å². The molecule has 1 fully saturated rings. The minimum atomic E-state index is -0.268. The maximum absolute atomic E-state index is 6.10. The Morgan fingerprint density at radius 3 is 2.12 bits per heavy atom. The van der Waals surface area contributed by atoms with Gasteiger partial charge in [0.15, 0.2) is 0 Å². The topological polar surface area (TPSA) is 30.5 Å². The normalized spacial score (nSPS) is 26.9. The second-order valence-corrected chi connectivity index (χ2v) is 5.99. The summed E-state index contributed by atoms with van der Waals surface area (Å²) in [5, 5.41) is 3.25. The van der Waals surface area contributed by atoms with Crippen molar-refractivity contribution in [3.8, 4) is 0 Å². The minimum Gasteiger partial charge on any atom is -0.399 e. The molecule has 0 bridgehead atoms. The Bertz CT molecular complexity index is 380. The second-order valence-electron chi connectivity index (χ2n) is 5.99. The molecule has 3 nitrogen and oxygen atoms in total. The highest BCUT2D eigenvalue weighted by atomic mass is 16.7. The lowest BCUT2D eigenvalue weighted by molar-refractivity contribution is 0.00578. The van der Waals surface area contributed by atoms with Gasteiger partial charge in [-0.2, -0.15) is 0 Å². The molecule has 4 heteroatoms. The number of hydrogen-bond donors (Lipinski definition) is 1. The van der Waals surface area contributed by atoms with E-state index in [0.717, 1.165) is 6.54 Å². The van der Waals surface area contributed by atoms with Crippen LogP contribution in [0.4, 0.5) is 0 Å². The molecular weight excluding hydrogens is 213 g/mol. The lowest BCUT2D eigenvalue weighted by Crippen LogP contribution is -2.41. The predicted octanol–water partition coefficient (Wildman–Crippen LogP) is 2.44. The monoisotopic (exact) mass is 235 g/mol. The lowest BCUT2D eigenvalue weighted by atomic mass is 9.71. The Morgan fingerprint density at radius 2 is 1.65 bits per heavy atom. The van der Waals surface area contributed by atoms with E-state index >= 15 is 0 Å². The fourth-order valence-corrected chi connectivity index (χ4v) is 2.21. The van der Waals surface area contributed by atoms with E-state index in [1.165, 1.54) is 16.6 Å². The number of dihydropyridines is 1. The fraction of sp³-hybridized carbons (Fsp3) is 0.692. The van der Waals surface area contributed by atoms with E-state index in [1.54, 1.807) is 0 Å². The summed E-state index contributed by atoms with van der Waals surface area (Å²) in [6.07, 6.45) is 2.04. The van der Waals surface area contributed by atoms with Crippen molar-refractivity contribution in [1.29, 1.82) is 0 Å². The average molecular weight is 235 g/mol. The summed E-state index contributed by atoms with van der Waals surface area (Å²) in [6.45, 7) is 13.4. The van der Waals surface area contributed by atoms with Crippen molar-refractivity contribution in [3.63, 3.8) is 0 Å². The molecule has 94 valence electrons. The van der Waals surface area contributed by atoms with Crippen molar-refractivity contribution < 1.29 is 9.31 Å². The number of hydrogen-bond acceptors (Lipinski definition) is 3. The fourth-order valence-electron chi connectivity index (χ4n) is 2.21. The molecule has 0 aromatic heterocycles. The van der Waals surface area contributed by atoms with Gasteiger partial charge < -0.3 is 14.6 Å². The van der Waals surface area contributed by atoms with Gasteiger partial charge in [0.1, 0.15) is 0 Å². The summed E-state index contributed by atoms with van der Waals surface area (Å²) in [7, 11) is -0.238. The Kier molecular flexibility index (Phi) is 2.91. The van der Waals surface area contributed by atoms with Gasteiger partial charge in [-0.15, -0.1) is 0 Å². The van der Waals surface area contributed by atoms with Gasteiger partial charge in [-0.05, 0) is 58.8 Å². The predicted molar refractivity (Wildman–Crippen MR) is 70.5 cm³/mol. The van der Waals surface area contributed by atoms with Gasteiger partial charge in [-0.1, -0.05) is 5.57 Å². The van der Waals surface area contributed by atoms with Crippen LogP contribution in [-0.4, -0.2) is 24.9 Å². The largest absolute Gasteiger partial charge is 0.495 e. The molecule has 0 saturated carbocycles. The quantitative estimate of drug-likeness (QED) is 0.708. The van der Waals surface area contributed by atoms with E-state index in [-0.39, 0.29) is 18.3 Å². The van der Waals surface area contributed by atoms with Crippen molar-refractivity contribution in [3.05, 3.63) is 22.8 Å². The zero-order chi connectivity index (χ0) is 12.8. The third kappa shape index (κ3) is 2.04. The highest BCUT2D eigenvalue weighted by Gasteiger charge is 2.53. The molecule has 17 heavy (non-hydrogen) atoms. The molecular formula is C13H22BNO2. The Balaban J connectivity index is 2.30. The van der Waals surface area contributed by atoms with Crippen molar-refractivity contribution >= 4 is 7.12 Å². The van der Waals surface area contributed by atoms with Crippen LogP contribution >= 0.6 is 0 Å². The van der Waals surface area contributed by atoms with Crippen LogP contribution in [0.2, 0.25) is 0 Å². The van der Waals surface area contributed by atoms with E-state index in [9.17, 15) is 0 Å². The Labute approximate surface area is 104 Å². The van der Waals surface area contributed by atoms with Crippen LogP contribution in [0.15, 0.2) is 22.8 Å². The summed E-state index contributed by atoms with van der Waals surface area (Å²) < 4.78 is 12.2. The molecule has 0 spiro atoms. The maximum Gasteiger partial charge on any atom is 0.495 e. The van der Waals surface area contributed by atoms with Crippen molar-refractivity contribution in [2.75, 3.05) is 6.54 Å². The molecule has 2 aliphatic heterocycles. The molecule has 0 aromatic rings. The van der Waals surface area contributed by atoms with Crippen molar-refractivity contribution in [2.24, 2.45) is 0 Å². The molecule has 2 rings (SSSR count). The van der Waals surface area contributed by atoms with Crippen LogP contribution < -0.4 is 5.32 Å². The van der Waals surface area contributed by atoms with Gasteiger partial charge in [0.05, 0.1) is 11.2 Å². The van der Waals surface area contributed by atoms with Crippen molar-refractivity contribution in [2.45, 2.75) is 52.7 Å². The first-order chi connectivity index (χ1) is 7.74. The summed E-state index contributed by atoms with van der Waals surface area (Å²) in [4.78, 5) is 0. The van der Waals surface area contributed by atoms with Crippen LogP contribution in [-0.2, 0) is 9.31 Å². The van der Waals surface area contributed by atoms with E-state index in [0.29, 0.717) is 0 Å². The molecule has 1 saturated heterocycles. The van der Waals surface area contributed by atoms with Crippen LogP contribution in [0, 0.1) is 0 Å². The summed E-state index contributed by atoms with van der Waals surface area (Å²) >= 11 is 0. The van der Waals surface area contributed by atoms with E-state index in [1.807, 2.05) is 6.20 Å². The zero-order valence-corrected chi connectivity index (χ0v) is 11.7. The first-order valence-corrected chi connectivity index (χ1v) is 6.20. The van der Waals surface area contributed by atoms with E-state index in [4.69, 9.17) is 9.31 Å².